The maximum atomic E-state index is 12.7. The molecule has 132 valence electrons. The van der Waals surface area contributed by atoms with Gasteiger partial charge in [0.25, 0.3) is 5.91 Å². The van der Waals surface area contributed by atoms with Crippen molar-refractivity contribution in [3.63, 3.8) is 0 Å². The van der Waals surface area contributed by atoms with E-state index in [0.29, 0.717) is 19.4 Å². The summed E-state index contributed by atoms with van der Waals surface area (Å²) in [6.45, 7) is 4.07. The summed E-state index contributed by atoms with van der Waals surface area (Å²) in [5.74, 6) is -0.486. The van der Waals surface area contributed by atoms with E-state index in [2.05, 4.69) is 10.6 Å². The van der Waals surface area contributed by atoms with Gasteiger partial charge in [0.1, 0.15) is 12.1 Å². The minimum Gasteiger partial charge on any atom is -0.354 e. The third kappa shape index (κ3) is 4.14. The van der Waals surface area contributed by atoms with E-state index in [1.807, 2.05) is 13.8 Å². The van der Waals surface area contributed by atoms with Crippen LogP contribution in [0, 0.1) is 5.92 Å². The number of nitrogens with zero attached hydrogens (tertiary/aromatic N) is 1. The van der Waals surface area contributed by atoms with Gasteiger partial charge in [-0.25, -0.2) is 4.79 Å². The maximum Gasteiger partial charge on any atom is 0.325 e. The van der Waals surface area contributed by atoms with E-state index in [-0.39, 0.29) is 42.7 Å². The van der Waals surface area contributed by atoms with E-state index in [0.717, 1.165) is 24.2 Å². The summed E-state index contributed by atoms with van der Waals surface area (Å²) < 4.78 is 0. The van der Waals surface area contributed by atoms with Crippen LogP contribution in [-0.2, 0) is 9.59 Å². The predicted molar refractivity (Wildman–Crippen MR) is 89.1 cm³/mol. The zero-order valence-electron chi connectivity index (χ0n) is 13.8. The lowest BCUT2D eigenvalue weighted by Crippen LogP contribution is -2.54. The van der Waals surface area contributed by atoms with Crippen molar-refractivity contribution in [1.29, 1.82) is 0 Å². The van der Waals surface area contributed by atoms with Crippen LogP contribution in [0.4, 0.5) is 4.79 Å². The molecular formula is C15H27ClN4O3. The molecule has 7 nitrogen and oxygen atoms in total. The highest BCUT2D eigenvalue weighted by Gasteiger charge is 2.55. The molecular weight excluding hydrogens is 320 g/mol. The summed E-state index contributed by atoms with van der Waals surface area (Å²) in [5.41, 5.74) is 4.81. The quantitative estimate of drug-likeness (QED) is 0.639. The molecule has 4 N–H and O–H groups in total. The first kappa shape index (κ1) is 19.7. The second-order valence-corrected chi connectivity index (χ2v) is 6.56. The normalized spacial score (nSPS) is 28.3. The van der Waals surface area contributed by atoms with Crippen LogP contribution in [0.2, 0.25) is 0 Å². The molecule has 1 spiro atoms. The maximum absolute atomic E-state index is 12.7. The summed E-state index contributed by atoms with van der Waals surface area (Å²) in [7, 11) is 0. The molecule has 1 saturated carbocycles. The average Bonchev–Trinajstić information content (AvgIpc) is 2.67. The molecule has 0 radical (unpaired) electrons. The molecule has 3 unspecified atom stereocenters. The summed E-state index contributed by atoms with van der Waals surface area (Å²) in [5, 5.41) is 5.53. The Morgan fingerprint density at radius 3 is 2.78 bits per heavy atom. The number of urea groups is 1. The number of nitrogens with two attached hydrogens (primary N) is 1. The van der Waals surface area contributed by atoms with E-state index < -0.39 is 11.6 Å². The number of amides is 4. The van der Waals surface area contributed by atoms with Crippen molar-refractivity contribution in [3.8, 4) is 0 Å². The number of carbonyl (C=O) groups excluding carboxylic acids is 3. The Morgan fingerprint density at radius 1 is 1.48 bits per heavy atom. The van der Waals surface area contributed by atoms with E-state index in [1.165, 1.54) is 0 Å². The lowest BCUT2D eigenvalue weighted by Gasteiger charge is -2.36. The molecule has 2 aliphatic rings. The Balaban J connectivity index is 0.00000264. The van der Waals surface area contributed by atoms with Crippen LogP contribution in [-0.4, -0.2) is 47.4 Å². The fraction of sp³-hybridized carbons (Fsp3) is 0.800. The summed E-state index contributed by atoms with van der Waals surface area (Å²) in [6.07, 6.45) is 4.23. The molecule has 0 aromatic carbocycles. The standard InChI is InChI=1S/C15H26N4O3.ClH/c1-10-5-3-4-7-15(10)13(21)19(14(22)18-15)9-12(20)17-8-6-11(2)16;/h10-11H,3-9,16H2,1-2H3,(H,17,20)(H,18,22);1H. The zero-order chi connectivity index (χ0) is 16.3. The number of nitrogens with one attached hydrogen (secondary N) is 2. The molecule has 3 atom stereocenters. The van der Waals surface area contributed by atoms with Crippen LogP contribution in [0.3, 0.4) is 0 Å². The average molecular weight is 347 g/mol. The van der Waals surface area contributed by atoms with Crippen LogP contribution in [0.5, 0.6) is 0 Å². The molecule has 0 bridgehead atoms. The third-order valence-electron chi connectivity index (χ3n) is 4.73. The van der Waals surface area contributed by atoms with Crippen molar-refractivity contribution < 1.29 is 14.4 Å². The fourth-order valence-corrected chi connectivity index (χ4v) is 3.28. The Morgan fingerprint density at radius 2 is 2.17 bits per heavy atom. The lowest BCUT2D eigenvalue weighted by atomic mass is 9.73. The number of imide groups is 1. The Kier molecular flexibility index (Phi) is 6.83. The van der Waals surface area contributed by atoms with Gasteiger partial charge in [-0.3, -0.25) is 14.5 Å². The van der Waals surface area contributed by atoms with E-state index in [4.69, 9.17) is 5.73 Å². The Hall–Kier alpha value is -1.34. The molecule has 23 heavy (non-hydrogen) atoms. The van der Waals surface area contributed by atoms with Crippen LogP contribution in [0.25, 0.3) is 0 Å². The predicted octanol–water partition coefficient (Wildman–Crippen LogP) is 0.762. The van der Waals surface area contributed by atoms with Crippen molar-refractivity contribution in [2.24, 2.45) is 11.7 Å². The molecule has 8 heteroatoms. The molecule has 1 aliphatic carbocycles. The van der Waals surface area contributed by atoms with Gasteiger partial charge >= 0.3 is 6.03 Å². The molecule has 2 rings (SSSR count). The highest BCUT2D eigenvalue weighted by molar-refractivity contribution is 6.09. The highest BCUT2D eigenvalue weighted by Crippen LogP contribution is 2.38. The van der Waals surface area contributed by atoms with E-state index in [1.54, 1.807) is 0 Å². The summed E-state index contributed by atoms with van der Waals surface area (Å²) in [6, 6.07) is -0.454. The number of hydrogen-bond donors (Lipinski definition) is 3. The van der Waals surface area contributed by atoms with Crippen LogP contribution < -0.4 is 16.4 Å². The minimum atomic E-state index is -0.804. The number of carbonyl (C=O) groups is 3. The van der Waals surface area contributed by atoms with Crippen molar-refractivity contribution >= 4 is 30.3 Å². The van der Waals surface area contributed by atoms with Gasteiger partial charge in [0.15, 0.2) is 0 Å². The Bertz CT molecular complexity index is 472. The number of rotatable bonds is 5. The van der Waals surface area contributed by atoms with Crippen LogP contribution in [0.15, 0.2) is 0 Å². The molecule has 1 saturated heterocycles. The Labute approximate surface area is 143 Å². The zero-order valence-corrected chi connectivity index (χ0v) is 14.6. The first-order valence-electron chi connectivity index (χ1n) is 8.03. The van der Waals surface area contributed by atoms with E-state index >= 15 is 0 Å². The topological polar surface area (TPSA) is 105 Å². The lowest BCUT2D eigenvalue weighted by molar-refractivity contribution is -0.137. The third-order valence-corrected chi connectivity index (χ3v) is 4.73. The van der Waals surface area contributed by atoms with Gasteiger partial charge in [-0.05, 0) is 32.1 Å². The smallest absolute Gasteiger partial charge is 0.325 e. The van der Waals surface area contributed by atoms with Gasteiger partial charge in [-0.1, -0.05) is 19.8 Å². The van der Waals surface area contributed by atoms with Gasteiger partial charge in [0.05, 0.1) is 0 Å². The second kappa shape index (κ2) is 7.97. The molecule has 0 aromatic heterocycles. The second-order valence-electron chi connectivity index (χ2n) is 6.56. The van der Waals surface area contributed by atoms with Gasteiger partial charge in [-0.15, -0.1) is 12.4 Å². The molecule has 1 aliphatic heterocycles. The van der Waals surface area contributed by atoms with Gasteiger partial charge < -0.3 is 16.4 Å². The molecule has 4 amide bonds. The van der Waals surface area contributed by atoms with Crippen molar-refractivity contribution in [1.82, 2.24) is 15.5 Å². The summed E-state index contributed by atoms with van der Waals surface area (Å²) >= 11 is 0. The summed E-state index contributed by atoms with van der Waals surface area (Å²) in [4.78, 5) is 37.7. The molecule has 0 aromatic rings. The van der Waals surface area contributed by atoms with Gasteiger partial charge in [-0.2, -0.15) is 0 Å². The first-order chi connectivity index (χ1) is 10.4. The SMILES string of the molecule is CC(N)CCNC(=O)CN1C(=O)NC2(CCCCC2C)C1=O.Cl. The van der Waals surface area contributed by atoms with Crippen molar-refractivity contribution in [2.45, 2.75) is 57.5 Å². The molecule has 2 fully saturated rings. The first-order valence-corrected chi connectivity index (χ1v) is 8.03. The van der Waals surface area contributed by atoms with Crippen LogP contribution in [0.1, 0.15) is 46.0 Å². The van der Waals surface area contributed by atoms with Crippen LogP contribution >= 0.6 is 12.4 Å². The van der Waals surface area contributed by atoms with Crippen molar-refractivity contribution in [3.05, 3.63) is 0 Å². The van der Waals surface area contributed by atoms with Crippen molar-refractivity contribution in [2.75, 3.05) is 13.1 Å². The van der Waals surface area contributed by atoms with Gasteiger partial charge in [0.2, 0.25) is 5.91 Å². The minimum absolute atomic E-state index is 0. The van der Waals surface area contributed by atoms with E-state index in [9.17, 15) is 14.4 Å². The monoisotopic (exact) mass is 346 g/mol. The number of hydrogen-bond acceptors (Lipinski definition) is 4. The largest absolute Gasteiger partial charge is 0.354 e. The van der Waals surface area contributed by atoms with Gasteiger partial charge in [0, 0.05) is 12.6 Å². The molecule has 1 heterocycles. The number of halogens is 1. The highest BCUT2D eigenvalue weighted by atomic mass is 35.5. The fourth-order valence-electron chi connectivity index (χ4n) is 3.28.